The summed E-state index contributed by atoms with van der Waals surface area (Å²) in [5, 5.41) is 3.34. The molecule has 0 radical (unpaired) electrons. The molecule has 2 heterocycles. The average Bonchev–Trinajstić information content (AvgIpc) is 3.50. The summed E-state index contributed by atoms with van der Waals surface area (Å²) in [5.41, 5.74) is -0.394. The van der Waals surface area contributed by atoms with Gasteiger partial charge in [0.1, 0.15) is 0 Å². The van der Waals surface area contributed by atoms with Crippen molar-refractivity contribution in [2.45, 2.75) is 37.1 Å². The minimum absolute atomic E-state index is 0.0310. The number of rotatable bonds is 6. The Kier molecular flexibility index (Phi) is 6.41. The number of alkyl halides is 3. The molecule has 1 aromatic heterocycles. The highest BCUT2D eigenvalue weighted by Gasteiger charge is 2.58. The molecule has 1 N–H and O–H groups in total. The van der Waals surface area contributed by atoms with Gasteiger partial charge in [0.05, 0.1) is 11.3 Å². The Hall–Kier alpha value is -2.62. The topological polar surface area (TPSA) is 75.2 Å². The van der Waals surface area contributed by atoms with E-state index in [1.54, 1.807) is 24.5 Å². The zero-order valence-corrected chi connectivity index (χ0v) is 18.1. The monoisotopic (exact) mass is 464 g/mol. The van der Waals surface area contributed by atoms with Crippen LogP contribution in [0.15, 0.2) is 47.9 Å². The zero-order valence-electron chi connectivity index (χ0n) is 17.3. The fourth-order valence-corrected chi connectivity index (χ4v) is 4.93. The number of nitrogens with zero attached hydrogens (tertiary/aromatic N) is 3. The van der Waals surface area contributed by atoms with Gasteiger partial charge in [-0.25, -0.2) is 9.97 Å². The summed E-state index contributed by atoms with van der Waals surface area (Å²) in [6.45, 7) is 1.28. The number of benzene rings is 1. The van der Waals surface area contributed by atoms with Gasteiger partial charge in [-0.2, -0.15) is 13.2 Å². The number of aromatic nitrogens is 2. The van der Waals surface area contributed by atoms with Crippen LogP contribution in [0.3, 0.4) is 0 Å². The maximum Gasteiger partial charge on any atom is 0.416 e. The largest absolute Gasteiger partial charge is 0.416 e. The van der Waals surface area contributed by atoms with Crippen molar-refractivity contribution in [2.75, 3.05) is 18.8 Å². The number of hydrogen-bond donors (Lipinski definition) is 1. The van der Waals surface area contributed by atoms with E-state index in [1.165, 1.54) is 17.8 Å². The molecule has 6 nitrogen and oxygen atoms in total. The van der Waals surface area contributed by atoms with Gasteiger partial charge in [-0.05, 0) is 48.4 Å². The summed E-state index contributed by atoms with van der Waals surface area (Å²) >= 11 is 1.30. The van der Waals surface area contributed by atoms with Crippen LogP contribution in [0.25, 0.3) is 0 Å². The number of carbonyl (C=O) groups is 2. The van der Waals surface area contributed by atoms with E-state index in [9.17, 15) is 22.8 Å². The van der Waals surface area contributed by atoms with Crippen LogP contribution in [0.1, 0.15) is 30.4 Å². The molecule has 1 aliphatic heterocycles. The summed E-state index contributed by atoms with van der Waals surface area (Å²) in [5.74, 6) is 0.0397. The van der Waals surface area contributed by atoms with Crippen LogP contribution in [0.2, 0.25) is 0 Å². The van der Waals surface area contributed by atoms with E-state index in [4.69, 9.17) is 0 Å². The van der Waals surface area contributed by atoms with E-state index in [1.807, 2.05) is 4.90 Å². The predicted octanol–water partition coefficient (Wildman–Crippen LogP) is 3.53. The maximum absolute atomic E-state index is 12.8. The lowest BCUT2D eigenvalue weighted by atomic mass is 9.90. The SMILES string of the molecule is O=C(NCc1cccc(C(F)(F)F)c1)C1CC12CCN(C(=O)CSc1ncccn1)CC2. The van der Waals surface area contributed by atoms with E-state index in [-0.39, 0.29) is 35.4 Å². The molecule has 32 heavy (non-hydrogen) atoms. The van der Waals surface area contributed by atoms with Crippen molar-refractivity contribution in [3.05, 3.63) is 53.9 Å². The van der Waals surface area contributed by atoms with Gasteiger partial charge in [-0.3, -0.25) is 9.59 Å². The lowest BCUT2D eigenvalue weighted by Gasteiger charge is -2.32. The number of hydrogen-bond acceptors (Lipinski definition) is 5. The van der Waals surface area contributed by atoms with Gasteiger partial charge in [0.2, 0.25) is 11.8 Å². The Bertz CT molecular complexity index is 979. The van der Waals surface area contributed by atoms with Crippen LogP contribution in [0.5, 0.6) is 0 Å². The van der Waals surface area contributed by atoms with Gasteiger partial charge < -0.3 is 10.2 Å². The summed E-state index contributed by atoms with van der Waals surface area (Å²) in [6, 6.07) is 6.71. The number of carbonyl (C=O) groups excluding carboxylic acids is 2. The quantitative estimate of drug-likeness (QED) is 0.523. The van der Waals surface area contributed by atoms with Crippen LogP contribution in [-0.4, -0.2) is 45.5 Å². The highest BCUT2D eigenvalue weighted by Crippen LogP contribution is 2.59. The predicted molar refractivity (Wildman–Crippen MR) is 112 cm³/mol. The zero-order chi connectivity index (χ0) is 22.8. The molecule has 1 saturated heterocycles. The molecule has 2 fully saturated rings. The molecule has 170 valence electrons. The van der Waals surface area contributed by atoms with Crippen LogP contribution in [-0.2, 0) is 22.3 Å². The molecule has 1 spiro atoms. The van der Waals surface area contributed by atoms with E-state index in [2.05, 4.69) is 15.3 Å². The van der Waals surface area contributed by atoms with E-state index < -0.39 is 11.7 Å². The normalized spacial score (nSPS) is 19.6. The molecule has 2 aromatic rings. The van der Waals surface area contributed by atoms with Crippen molar-refractivity contribution in [3.63, 3.8) is 0 Å². The Balaban J connectivity index is 1.22. The second-order valence-corrected chi connectivity index (χ2v) is 9.18. The average molecular weight is 465 g/mol. The van der Waals surface area contributed by atoms with Crippen molar-refractivity contribution in [2.24, 2.45) is 11.3 Å². The first-order chi connectivity index (χ1) is 15.3. The highest BCUT2D eigenvalue weighted by atomic mass is 32.2. The number of nitrogens with one attached hydrogen (secondary N) is 1. The number of halogens is 3. The van der Waals surface area contributed by atoms with Gasteiger partial charge in [0, 0.05) is 37.9 Å². The minimum Gasteiger partial charge on any atom is -0.352 e. The number of thioether (sulfide) groups is 1. The highest BCUT2D eigenvalue weighted by molar-refractivity contribution is 7.99. The maximum atomic E-state index is 12.8. The molecule has 2 aliphatic rings. The third-order valence-corrected chi connectivity index (χ3v) is 7.07. The molecule has 0 bridgehead atoms. The lowest BCUT2D eigenvalue weighted by Crippen LogP contribution is -2.41. The Morgan fingerprint density at radius 1 is 1.16 bits per heavy atom. The van der Waals surface area contributed by atoms with Crippen LogP contribution < -0.4 is 5.32 Å². The Morgan fingerprint density at radius 2 is 1.88 bits per heavy atom. The van der Waals surface area contributed by atoms with Gasteiger partial charge in [0.25, 0.3) is 0 Å². The molecular formula is C22H23F3N4O2S. The molecule has 4 rings (SSSR count). The molecule has 1 aromatic carbocycles. The summed E-state index contributed by atoms with van der Waals surface area (Å²) in [6.07, 6.45) is 1.14. The molecule has 2 amide bonds. The van der Waals surface area contributed by atoms with Crippen LogP contribution in [0, 0.1) is 11.3 Å². The van der Waals surface area contributed by atoms with E-state index in [0.29, 0.717) is 23.8 Å². The minimum atomic E-state index is -4.40. The smallest absolute Gasteiger partial charge is 0.352 e. The number of amides is 2. The van der Waals surface area contributed by atoms with Gasteiger partial charge >= 0.3 is 6.18 Å². The fraction of sp³-hybridized carbons (Fsp3) is 0.455. The Morgan fingerprint density at radius 3 is 2.56 bits per heavy atom. The lowest BCUT2D eigenvalue weighted by molar-refractivity contribution is -0.137. The summed E-state index contributed by atoms with van der Waals surface area (Å²) in [7, 11) is 0. The first-order valence-electron chi connectivity index (χ1n) is 10.4. The molecule has 1 aliphatic carbocycles. The van der Waals surface area contributed by atoms with Crippen LogP contribution >= 0.6 is 11.8 Å². The van der Waals surface area contributed by atoms with Gasteiger partial charge in [-0.1, -0.05) is 23.9 Å². The standard InChI is InChI=1S/C22H23F3N4O2S/c23-22(24,25)16-4-1-3-15(11-16)13-28-19(31)17-12-21(17)5-9-29(10-6-21)18(30)14-32-20-26-7-2-8-27-20/h1-4,7-8,11,17H,5-6,9-10,12-14H2,(H,28,31). The molecule has 1 atom stereocenters. The first-order valence-corrected chi connectivity index (χ1v) is 11.4. The summed E-state index contributed by atoms with van der Waals surface area (Å²) < 4.78 is 38.5. The van der Waals surface area contributed by atoms with Crippen molar-refractivity contribution in [3.8, 4) is 0 Å². The Labute approximate surface area is 188 Å². The van der Waals surface area contributed by atoms with Crippen molar-refractivity contribution >= 4 is 23.6 Å². The van der Waals surface area contributed by atoms with E-state index >= 15 is 0 Å². The fourth-order valence-electron chi connectivity index (χ4n) is 4.22. The second kappa shape index (κ2) is 9.09. The van der Waals surface area contributed by atoms with E-state index in [0.717, 1.165) is 31.4 Å². The number of likely N-dealkylation sites (tertiary alicyclic amines) is 1. The van der Waals surface area contributed by atoms with Gasteiger partial charge in [0.15, 0.2) is 5.16 Å². The summed E-state index contributed by atoms with van der Waals surface area (Å²) in [4.78, 5) is 35.1. The third-order valence-electron chi connectivity index (χ3n) is 6.21. The number of piperidine rings is 1. The molecule has 10 heteroatoms. The molecule has 1 saturated carbocycles. The van der Waals surface area contributed by atoms with Gasteiger partial charge in [-0.15, -0.1) is 0 Å². The molecule has 1 unspecified atom stereocenters. The van der Waals surface area contributed by atoms with Crippen molar-refractivity contribution in [1.82, 2.24) is 20.2 Å². The van der Waals surface area contributed by atoms with Crippen molar-refractivity contribution < 1.29 is 22.8 Å². The molecular weight excluding hydrogens is 441 g/mol. The third kappa shape index (κ3) is 5.23. The van der Waals surface area contributed by atoms with Crippen molar-refractivity contribution in [1.29, 1.82) is 0 Å². The first kappa shape index (κ1) is 22.6. The second-order valence-electron chi connectivity index (χ2n) is 8.24. The van der Waals surface area contributed by atoms with Crippen LogP contribution in [0.4, 0.5) is 13.2 Å².